The van der Waals surface area contributed by atoms with Crippen LogP contribution in [0.5, 0.6) is 0 Å². The predicted molar refractivity (Wildman–Crippen MR) is 193 cm³/mol. The standard InChI is InChI=1S/C37H29Cl2O2PS2/c38-30-21-17-28(18-22-30)34(29-19-23-31(39)24-20-29)35(27-11-4-1-5-12-27)36(37-43-25-10-26-44-37)41-42(40,32-13-6-2-7-14-32)33-15-8-3-9-16-33/h1-9,11-24H,10,25-26H2. The molecule has 1 heterocycles. The largest absolute Gasteiger partial charge is 0.434 e. The third-order valence-electron chi connectivity index (χ3n) is 7.16. The Hall–Kier alpha value is -3.11. The molecule has 5 aromatic carbocycles. The van der Waals surface area contributed by atoms with Crippen LogP contribution in [0.15, 0.2) is 150 Å². The molecular formula is C37H29Cl2O2PS2. The summed E-state index contributed by atoms with van der Waals surface area (Å²) < 4.78 is 23.6. The molecule has 0 aromatic heterocycles. The van der Waals surface area contributed by atoms with Gasteiger partial charge in [-0.2, -0.15) is 0 Å². The third kappa shape index (κ3) is 6.91. The number of allylic oxidation sites excluding steroid dienone is 1. The number of hydrogen-bond acceptors (Lipinski definition) is 4. The lowest BCUT2D eigenvalue weighted by Crippen LogP contribution is -2.19. The molecule has 1 fully saturated rings. The molecule has 0 unspecified atom stereocenters. The Morgan fingerprint density at radius 1 is 0.568 bits per heavy atom. The van der Waals surface area contributed by atoms with Crippen molar-refractivity contribution in [2.45, 2.75) is 6.42 Å². The molecule has 5 aromatic rings. The normalized spacial score (nSPS) is 13.3. The average molecular weight is 672 g/mol. The molecule has 0 atom stereocenters. The van der Waals surface area contributed by atoms with E-state index in [4.69, 9.17) is 27.7 Å². The lowest BCUT2D eigenvalue weighted by molar-refractivity contribution is 0.439. The second-order valence-electron chi connectivity index (χ2n) is 10.1. The van der Waals surface area contributed by atoms with Crippen LogP contribution in [0.2, 0.25) is 10.0 Å². The Labute approximate surface area is 277 Å². The minimum atomic E-state index is -3.62. The van der Waals surface area contributed by atoms with Gasteiger partial charge in [-0.1, -0.05) is 114 Å². The molecule has 44 heavy (non-hydrogen) atoms. The van der Waals surface area contributed by atoms with Crippen LogP contribution in [0.4, 0.5) is 0 Å². The molecule has 0 spiro atoms. The lowest BCUT2D eigenvalue weighted by Gasteiger charge is -2.28. The van der Waals surface area contributed by atoms with Crippen molar-refractivity contribution >= 4 is 75.8 Å². The quantitative estimate of drug-likeness (QED) is 0.0932. The Morgan fingerprint density at radius 2 is 1.00 bits per heavy atom. The van der Waals surface area contributed by atoms with Crippen LogP contribution in [0.3, 0.4) is 0 Å². The maximum absolute atomic E-state index is 15.5. The molecule has 2 nitrogen and oxygen atoms in total. The molecule has 0 aliphatic carbocycles. The highest BCUT2D eigenvalue weighted by atomic mass is 35.5. The van der Waals surface area contributed by atoms with E-state index in [-0.39, 0.29) is 0 Å². The van der Waals surface area contributed by atoms with Gasteiger partial charge in [0.15, 0.2) is 5.76 Å². The highest BCUT2D eigenvalue weighted by Crippen LogP contribution is 2.54. The van der Waals surface area contributed by atoms with Gasteiger partial charge in [0.2, 0.25) is 0 Å². The number of benzene rings is 5. The van der Waals surface area contributed by atoms with Crippen LogP contribution >= 0.6 is 54.1 Å². The summed E-state index contributed by atoms with van der Waals surface area (Å²) in [5, 5.41) is 2.58. The van der Waals surface area contributed by atoms with E-state index in [2.05, 4.69) is 12.1 Å². The molecule has 0 saturated carbocycles. The van der Waals surface area contributed by atoms with Gasteiger partial charge in [0.1, 0.15) is 0 Å². The Balaban J connectivity index is 1.70. The highest BCUT2D eigenvalue weighted by Gasteiger charge is 2.35. The zero-order chi connectivity index (χ0) is 30.4. The molecule has 1 aliphatic rings. The lowest BCUT2D eigenvalue weighted by atomic mass is 9.88. The maximum atomic E-state index is 15.5. The first-order valence-electron chi connectivity index (χ1n) is 14.3. The average Bonchev–Trinajstić information content (AvgIpc) is 3.09. The molecule has 0 radical (unpaired) electrons. The van der Waals surface area contributed by atoms with Gasteiger partial charge in [0.05, 0.1) is 14.8 Å². The molecule has 7 heteroatoms. The predicted octanol–water partition coefficient (Wildman–Crippen LogP) is 10.9. The zero-order valence-corrected chi connectivity index (χ0v) is 27.8. The topological polar surface area (TPSA) is 26.3 Å². The van der Waals surface area contributed by atoms with Crippen molar-refractivity contribution < 1.29 is 9.09 Å². The van der Waals surface area contributed by atoms with Crippen LogP contribution in [-0.2, 0) is 9.09 Å². The molecular weight excluding hydrogens is 642 g/mol. The Kier molecular flexibility index (Phi) is 10.1. The fourth-order valence-electron chi connectivity index (χ4n) is 5.06. The van der Waals surface area contributed by atoms with E-state index in [1.165, 1.54) is 0 Å². The van der Waals surface area contributed by atoms with E-state index in [0.717, 1.165) is 50.0 Å². The first-order chi connectivity index (χ1) is 21.5. The summed E-state index contributed by atoms with van der Waals surface area (Å²) in [5.74, 6) is 2.52. The maximum Gasteiger partial charge on any atom is 0.306 e. The summed E-state index contributed by atoms with van der Waals surface area (Å²) in [6.07, 6.45) is 1.09. The van der Waals surface area contributed by atoms with Crippen molar-refractivity contribution in [1.82, 2.24) is 0 Å². The third-order valence-corrected chi connectivity index (χ3v) is 12.6. The number of hydrogen-bond donors (Lipinski definition) is 0. The van der Waals surface area contributed by atoms with Gasteiger partial charge in [-0.3, -0.25) is 4.57 Å². The Morgan fingerprint density at radius 3 is 1.45 bits per heavy atom. The molecule has 1 aliphatic heterocycles. The summed E-state index contributed by atoms with van der Waals surface area (Å²) in [6, 6.07) is 44.9. The van der Waals surface area contributed by atoms with Crippen molar-refractivity contribution in [3.05, 3.63) is 176 Å². The van der Waals surface area contributed by atoms with Gasteiger partial charge >= 0.3 is 7.37 Å². The van der Waals surface area contributed by atoms with E-state index < -0.39 is 7.37 Å². The second kappa shape index (κ2) is 14.3. The van der Waals surface area contributed by atoms with Gasteiger partial charge in [-0.15, -0.1) is 23.5 Å². The van der Waals surface area contributed by atoms with Crippen molar-refractivity contribution in [3.8, 4) is 0 Å². The number of halogens is 2. The van der Waals surface area contributed by atoms with Crippen molar-refractivity contribution in [3.63, 3.8) is 0 Å². The molecule has 0 bridgehead atoms. The molecule has 1 saturated heterocycles. The summed E-state index contributed by atoms with van der Waals surface area (Å²) in [5.41, 5.74) is 4.66. The van der Waals surface area contributed by atoms with Crippen molar-refractivity contribution in [1.29, 1.82) is 0 Å². The molecule has 0 amide bonds. The van der Waals surface area contributed by atoms with Crippen LogP contribution < -0.4 is 10.6 Å². The monoisotopic (exact) mass is 670 g/mol. The van der Waals surface area contributed by atoms with Crippen LogP contribution in [0.25, 0.3) is 11.1 Å². The Bertz CT molecular complexity index is 1730. The SMILES string of the molecule is O=P(OC(=C1SCCCS1)C(=C(c1ccc(Cl)cc1)c1ccc(Cl)cc1)c1ccccc1)(c1ccccc1)c1ccccc1. The van der Waals surface area contributed by atoms with E-state index in [0.29, 0.717) is 26.4 Å². The van der Waals surface area contributed by atoms with Gasteiger partial charge < -0.3 is 4.52 Å². The number of thioether (sulfide) groups is 2. The summed E-state index contributed by atoms with van der Waals surface area (Å²) in [4.78, 5) is 0. The molecule has 0 N–H and O–H groups in total. The first kappa shape index (κ1) is 30.9. The molecule has 220 valence electrons. The van der Waals surface area contributed by atoms with E-state index >= 15 is 4.57 Å². The first-order valence-corrected chi connectivity index (χ1v) is 18.6. The van der Waals surface area contributed by atoms with Crippen LogP contribution in [0.1, 0.15) is 23.1 Å². The highest BCUT2D eigenvalue weighted by molar-refractivity contribution is 8.22. The minimum Gasteiger partial charge on any atom is -0.434 e. The van der Waals surface area contributed by atoms with Gasteiger partial charge in [-0.05, 0) is 83.1 Å². The minimum absolute atomic E-state index is 0.613. The van der Waals surface area contributed by atoms with E-state index in [1.54, 1.807) is 23.5 Å². The fourth-order valence-corrected chi connectivity index (χ4v) is 10.0. The van der Waals surface area contributed by atoms with Gasteiger partial charge in [-0.25, -0.2) is 0 Å². The van der Waals surface area contributed by atoms with Gasteiger partial charge in [0, 0.05) is 21.2 Å². The van der Waals surface area contributed by atoms with Crippen LogP contribution in [-0.4, -0.2) is 11.5 Å². The van der Waals surface area contributed by atoms with E-state index in [9.17, 15) is 0 Å². The van der Waals surface area contributed by atoms with E-state index in [1.807, 2.05) is 127 Å². The van der Waals surface area contributed by atoms with Crippen molar-refractivity contribution in [2.24, 2.45) is 0 Å². The van der Waals surface area contributed by atoms with Gasteiger partial charge in [0.25, 0.3) is 0 Å². The summed E-state index contributed by atoms with van der Waals surface area (Å²) >= 11 is 16.3. The fraction of sp³-hybridized carbons (Fsp3) is 0.0811. The number of rotatable bonds is 8. The summed E-state index contributed by atoms with van der Waals surface area (Å²) in [7, 11) is -3.62. The van der Waals surface area contributed by atoms with Crippen molar-refractivity contribution in [2.75, 3.05) is 11.5 Å². The summed E-state index contributed by atoms with van der Waals surface area (Å²) in [6.45, 7) is 0. The second-order valence-corrected chi connectivity index (χ2v) is 15.8. The smallest absolute Gasteiger partial charge is 0.306 e. The van der Waals surface area contributed by atoms with Crippen LogP contribution in [0, 0.1) is 0 Å². The zero-order valence-electron chi connectivity index (χ0n) is 23.7. The molecule has 6 rings (SSSR count).